The van der Waals surface area contributed by atoms with E-state index in [9.17, 15) is 43.5 Å². The van der Waals surface area contributed by atoms with E-state index in [1.54, 1.807) is 35.7 Å². The number of imide groups is 1. The first-order valence-electron chi connectivity index (χ1n) is 29.6. The number of hydrogen-bond acceptors (Lipinski definition) is 11. The van der Waals surface area contributed by atoms with E-state index in [-0.39, 0.29) is 76.2 Å². The zero-order chi connectivity index (χ0) is 60.5. The van der Waals surface area contributed by atoms with Crippen LogP contribution in [0.15, 0.2) is 54.6 Å². The lowest BCUT2D eigenvalue weighted by molar-refractivity contribution is -0.148. The lowest BCUT2D eigenvalue weighted by Crippen LogP contribution is -2.60. The number of carbonyl (C=O) groups excluding carboxylic acids is 7. The summed E-state index contributed by atoms with van der Waals surface area (Å²) >= 11 is 0.852. The van der Waals surface area contributed by atoms with Gasteiger partial charge < -0.3 is 39.9 Å². The fourth-order valence-electron chi connectivity index (χ4n) is 11.8. The number of amides is 7. The van der Waals surface area contributed by atoms with E-state index >= 15 is 0 Å². The predicted molar refractivity (Wildman–Crippen MR) is 318 cm³/mol. The second-order valence-electron chi connectivity index (χ2n) is 24.2. The third-order valence-electron chi connectivity index (χ3n) is 17.6. The second-order valence-corrected chi connectivity index (χ2v) is 26.5. The van der Waals surface area contributed by atoms with Gasteiger partial charge in [0.05, 0.1) is 42.7 Å². The number of hydrogen-bond donors (Lipinski definition) is 3. The second kappa shape index (κ2) is 32.0. The van der Waals surface area contributed by atoms with Gasteiger partial charge in [-0.1, -0.05) is 128 Å². The average Bonchev–Trinajstić information content (AvgIpc) is 4.18. The number of nitrogens with zero attached hydrogens (tertiary/aromatic N) is 5. The van der Waals surface area contributed by atoms with E-state index in [1.807, 2.05) is 108 Å². The molecule has 2 fully saturated rings. The van der Waals surface area contributed by atoms with Crippen molar-refractivity contribution in [3.63, 3.8) is 0 Å². The Kier molecular flexibility index (Phi) is 27.0. The number of ether oxygens (including phenoxy) is 2. The number of carboxylic acids is 1. The summed E-state index contributed by atoms with van der Waals surface area (Å²) in [5.74, 6) is -4.05. The SMILES string of the molecule is CC[C@H](C)[C@@H]([C@@H](CC(=O)N1CCC[C@H]1[C@H](OC)[C@@H](C)C(=O)N[C@@H](Cc1ccccc1)C(=O)O)OC)N(C)C(=O)[C@@H](NC(=O)[C@H](C(C)C)N(C)CCc1ccc(N(C)C(=O)CCCCCN2C(=O)CC([C](C)([AlH2])CC)C2=O)cc1)C(C)C. The van der Waals surface area contributed by atoms with E-state index in [2.05, 4.69) is 24.5 Å². The number of likely N-dealkylation sites (tertiary alicyclic amines) is 2. The fourth-order valence-corrected chi connectivity index (χ4v) is 12.2. The zero-order valence-corrected chi connectivity index (χ0v) is 53.5. The van der Waals surface area contributed by atoms with Gasteiger partial charge in [0.15, 0.2) is 0 Å². The summed E-state index contributed by atoms with van der Waals surface area (Å²) in [7, 11) is 8.41. The molecule has 2 heterocycles. The van der Waals surface area contributed by atoms with Crippen molar-refractivity contribution in [3.05, 3.63) is 65.7 Å². The minimum atomic E-state index is -1.16. The molecule has 2 aliphatic heterocycles. The molecule has 0 radical (unpaired) electrons. The van der Waals surface area contributed by atoms with Gasteiger partial charge in [-0.3, -0.25) is 43.4 Å². The molecule has 2 aliphatic rings. The molecule has 81 heavy (non-hydrogen) atoms. The Labute approximate surface area is 491 Å². The Balaban J connectivity index is 1.34. The van der Waals surface area contributed by atoms with Crippen LogP contribution >= 0.6 is 0 Å². The lowest BCUT2D eigenvalue weighted by Gasteiger charge is -2.41. The Bertz CT molecular complexity index is 2410. The summed E-state index contributed by atoms with van der Waals surface area (Å²) in [6.07, 6.45) is 4.78. The summed E-state index contributed by atoms with van der Waals surface area (Å²) in [5, 5.41) is 15.8. The van der Waals surface area contributed by atoms with Crippen molar-refractivity contribution < 1.29 is 52.9 Å². The number of carbonyl (C=O) groups is 8. The number of anilines is 1. The number of nitrogens with one attached hydrogen (secondary N) is 2. The zero-order valence-electron chi connectivity index (χ0n) is 51.5. The number of rotatable bonds is 33. The van der Waals surface area contributed by atoms with Gasteiger partial charge in [0.25, 0.3) is 0 Å². The van der Waals surface area contributed by atoms with Crippen molar-refractivity contribution in [3.8, 4) is 0 Å². The number of carboxylic acid groups (broad SMARTS) is 1. The maximum atomic E-state index is 14.8. The number of methoxy groups -OCH3 is 2. The fraction of sp³-hybridized carbons (Fsp3) is 0.677. The van der Waals surface area contributed by atoms with Gasteiger partial charge in [-0.05, 0) is 80.2 Å². The van der Waals surface area contributed by atoms with Crippen LogP contribution in [-0.4, -0.2) is 186 Å². The Hall–Kier alpha value is -5.19. The Morgan fingerprint density at radius 3 is 2.06 bits per heavy atom. The minimum Gasteiger partial charge on any atom is -0.480 e. The van der Waals surface area contributed by atoms with Gasteiger partial charge in [0.1, 0.15) is 12.1 Å². The number of benzene rings is 2. The maximum absolute atomic E-state index is 14.8. The van der Waals surface area contributed by atoms with Gasteiger partial charge in [0.2, 0.25) is 57.6 Å². The molecule has 0 spiro atoms. The summed E-state index contributed by atoms with van der Waals surface area (Å²) in [6.45, 7) is 19.0. The highest BCUT2D eigenvalue weighted by atomic mass is 27.0. The van der Waals surface area contributed by atoms with E-state index < -0.39 is 60.2 Å². The van der Waals surface area contributed by atoms with E-state index in [1.165, 1.54) is 19.1 Å². The van der Waals surface area contributed by atoms with Gasteiger partial charge in [-0.15, -0.1) is 0 Å². The summed E-state index contributed by atoms with van der Waals surface area (Å²) in [4.78, 5) is 117. The Morgan fingerprint density at radius 1 is 0.840 bits per heavy atom. The van der Waals surface area contributed by atoms with Gasteiger partial charge in [-0.25, -0.2) is 4.79 Å². The molecule has 11 atom stereocenters. The molecule has 4 rings (SSSR count). The molecule has 2 saturated heterocycles. The first kappa shape index (κ1) is 68.3. The van der Waals surface area contributed by atoms with E-state index in [0.29, 0.717) is 71.0 Å². The van der Waals surface area contributed by atoms with Crippen LogP contribution in [0.2, 0.25) is 4.28 Å². The minimum absolute atomic E-state index is 0.0150. The van der Waals surface area contributed by atoms with Crippen molar-refractivity contribution in [1.29, 1.82) is 0 Å². The molecule has 2 unspecified atom stereocenters. The highest BCUT2D eigenvalue weighted by Gasteiger charge is 2.46. The number of aliphatic carboxylic acids is 1. The summed E-state index contributed by atoms with van der Waals surface area (Å²) < 4.78 is 12.0. The molecule has 19 heteroatoms. The molecular weight excluding hydrogens is 1050 g/mol. The van der Waals surface area contributed by atoms with E-state index in [4.69, 9.17) is 9.47 Å². The Morgan fingerprint density at radius 2 is 1.49 bits per heavy atom. The third-order valence-corrected chi connectivity index (χ3v) is 19.0. The summed E-state index contributed by atoms with van der Waals surface area (Å²) in [6, 6.07) is 13.3. The molecule has 2 aromatic rings. The quantitative estimate of drug-likeness (QED) is 0.0415. The average molecular weight is 1140 g/mol. The molecule has 2 aromatic carbocycles. The maximum Gasteiger partial charge on any atom is 0.326 e. The van der Waals surface area contributed by atoms with Crippen LogP contribution in [0.4, 0.5) is 5.69 Å². The van der Waals surface area contributed by atoms with Crippen molar-refractivity contribution in [2.75, 3.05) is 59.9 Å². The largest absolute Gasteiger partial charge is 0.480 e. The van der Waals surface area contributed by atoms with Crippen LogP contribution in [0.5, 0.6) is 0 Å². The standard InChI is InChI=1S/C62H96N7O11.Al.2H/c1-15-41(7)47-37-52(71)69(60(47)75)33-22-18-21-27-51(70)66(11)46-30-28-44(29-31-46)32-35-65(10)55(40(5)6)59(74)64-54(39(3)4)61(76)67(12)56(42(8)16-2)50(79-13)38-53(72)68-34-23-26-49(68)57(80-14)43(9)58(73)63-48(62(77)78)36-45-24-19-17-20-25-45;;;/h17,19-20,24-25,28-31,39-40,42-43,47-50,54-57H,15-16,18,21-23,26-27,32-38H2,1-14H3,(H,63,73)(H,64,74)(H,77,78);;;/t42-,43+,47?,48-,49-,50+,54-,55-,56-,57+;;;/m0.../s1. The van der Waals surface area contributed by atoms with E-state index in [0.717, 1.165) is 45.9 Å². The lowest BCUT2D eigenvalue weighted by atomic mass is 9.89. The first-order valence-corrected chi connectivity index (χ1v) is 30.6. The molecule has 0 saturated carbocycles. The normalized spacial score (nSPS) is 19.4. The smallest absolute Gasteiger partial charge is 0.326 e. The molecule has 0 aromatic heterocycles. The highest BCUT2D eigenvalue weighted by Crippen LogP contribution is 2.42. The molecule has 450 valence electrons. The molecular formula is C62H98AlN7O11. The third kappa shape index (κ3) is 18.4. The van der Waals surface area contributed by atoms with Crippen molar-refractivity contribution in [2.45, 2.75) is 186 Å². The first-order chi connectivity index (χ1) is 38.2. The van der Waals surface area contributed by atoms with Crippen LogP contribution in [0.1, 0.15) is 138 Å². The van der Waals surface area contributed by atoms with Crippen molar-refractivity contribution >= 4 is 69.3 Å². The molecule has 3 N–H and O–H groups in total. The van der Waals surface area contributed by atoms with Crippen LogP contribution in [0.25, 0.3) is 0 Å². The molecule has 18 nitrogen and oxygen atoms in total. The van der Waals surface area contributed by atoms with Crippen LogP contribution in [0.3, 0.4) is 0 Å². The topological polar surface area (TPSA) is 216 Å². The van der Waals surface area contributed by atoms with Crippen LogP contribution in [-0.2, 0) is 60.7 Å². The molecule has 0 bridgehead atoms. The predicted octanol–water partition coefficient (Wildman–Crippen LogP) is 6.18. The molecule has 7 amide bonds. The van der Waals surface area contributed by atoms with Gasteiger partial charge in [-0.2, -0.15) is 0 Å². The van der Waals surface area contributed by atoms with Crippen molar-refractivity contribution in [2.24, 2.45) is 29.6 Å². The number of unbranched alkanes of at least 4 members (excludes halogenated alkanes) is 2. The number of likely N-dealkylation sites (N-methyl/N-ethyl adjacent to an activating group) is 2. The highest BCUT2D eigenvalue weighted by molar-refractivity contribution is 6.19. The summed E-state index contributed by atoms with van der Waals surface area (Å²) in [5.41, 5.74) is 2.57. The van der Waals surface area contributed by atoms with Gasteiger partial charge in [0, 0.05) is 78.8 Å². The molecule has 0 aliphatic carbocycles. The van der Waals surface area contributed by atoms with Gasteiger partial charge >= 0.3 is 5.97 Å². The van der Waals surface area contributed by atoms with Crippen LogP contribution < -0.4 is 15.5 Å². The monoisotopic (exact) mass is 1140 g/mol. The van der Waals surface area contributed by atoms with Crippen LogP contribution in [0, 0.1) is 29.6 Å². The van der Waals surface area contributed by atoms with Crippen molar-refractivity contribution in [1.82, 2.24) is 30.2 Å².